The first-order chi connectivity index (χ1) is 18.4. The molecule has 4 rings (SSSR count). The minimum atomic E-state index is -0.563. The summed E-state index contributed by atoms with van der Waals surface area (Å²) in [5.41, 5.74) is 2.68. The van der Waals surface area contributed by atoms with Crippen molar-refractivity contribution in [2.24, 2.45) is 0 Å². The molecule has 0 atom stereocenters. The number of amides is 3. The highest BCUT2D eigenvalue weighted by atomic mass is 16.5. The molecule has 0 radical (unpaired) electrons. The fraction of sp³-hybridized carbons (Fsp3) is 0.533. The van der Waals surface area contributed by atoms with Gasteiger partial charge in [-0.3, -0.25) is 19.8 Å². The zero-order valence-corrected chi connectivity index (χ0v) is 22.9. The number of methoxy groups -OCH3 is 1. The SMILES string of the molecule is CCCCc1ncc(/C=C2/C(=O)NC(=O)N2CCCC)n1Cc1ccc(C2(C(=O)OC)CCCCC2)cc1. The number of rotatable bonds is 11. The van der Waals surface area contributed by atoms with Crippen LogP contribution in [0.15, 0.2) is 36.2 Å². The van der Waals surface area contributed by atoms with E-state index in [1.54, 1.807) is 12.3 Å². The van der Waals surface area contributed by atoms with E-state index in [-0.39, 0.29) is 17.9 Å². The average Bonchev–Trinajstić information content (AvgIpc) is 3.44. The van der Waals surface area contributed by atoms with Crippen LogP contribution >= 0.6 is 0 Å². The van der Waals surface area contributed by atoms with Gasteiger partial charge in [-0.25, -0.2) is 9.78 Å². The van der Waals surface area contributed by atoms with E-state index in [0.717, 1.165) is 86.9 Å². The van der Waals surface area contributed by atoms with Crippen molar-refractivity contribution < 1.29 is 19.1 Å². The smallest absolute Gasteiger partial charge is 0.329 e. The number of unbranched alkanes of at least 4 members (excludes halogenated alkanes) is 2. The van der Waals surface area contributed by atoms with E-state index in [1.807, 2.05) is 0 Å². The van der Waals surface area contributed by atoms with Crippen molar-refractivity contribution in [3.05, 3.63) is 58.8 Å². The number of aromatic nitrogens is 2. The van der Waals surface area contributed by atoms with Crippen LogP contribution in [-0.2, 0) is 32.7 Å². The number of ether oxygens (including phenoxy) is 1. The molecule has 0 unspecified atom stereocenters. The van der Waals surface area contributed by atoms with E-state index >= 15 is 0 Å². The van der Waals surface area contributed by atoms with E-state index in [4.69, 9.17) is 4.74 Å². The van der Waals surface area contributed by atoms with E-state index in [2.05, 4.69) is 53.0 Å². The summed E-state index contributed by atoms with van der Waals surface area (Å²) >= 11 is 0. The number of aryl methyl sites for hydroxylation is 1. The molecule has 3 amide bonds. The second kappa shape index (κ2) is 12.4. The topological polar surface area (TPSA) is 93.5 Å². The highest BCUT2D eigenvalue weighted by Crippen LogP contribution is 2.40. The number of nitrogens with one attached hydrogen (secondary N) is 1. The normalized spacial score (nSPS) is 18.2. The molecule has 0 bridgehead atoms. The van der Waals surface area contributed by atoms with Gasteiger partial charge < -0.3 is 9.30 Å². The van der Waals surface area contributed by atoms with Crippen LogP contribution in [0.2, 0.25) is 0 Å². The first kappa shape index (κ1) is 27.6. The Balaban J connectivity index is 1.64. The van der Waals surface area contributed by atoms with Crippen LogP contribution in [0.1, 0.15) is 94.3 Å². The Kier molecular flexibility index (Phi) is 9.02. The van der Waals surface area contributed by atoms with Gasteiger partial charge in [0.2, 0.25) is 0 Å². The van der Waals surface area contributed by atoms with Crippen LogP contribution < -0.4 is 5.32 Å². The molecule has 1 aliphatic heterocycles. The maximum atomic E-state index is 12.8. The second-order valence-corrected chi connectivity index (χ2v) is 10.4. The Morgan fingerprint density at radius 3 is 2.45 bits per heavy atom. The molecule has 1 aliphatic carbocycles. The van der Waals surface area contributed by atoms with Crippen molar-refractivity contribution in [2.45, 2.75) is 90.0 Å². The summed E-state index contributed by atoms with van der Waals surface area (Å²) < 4.78 is 7.35. The molecule has 8 nitrogen and oxygen atoms in total. The van der Waals surface area contributed by atoms with Gasteiger partial charge in [0.1, 0.15) is 11.5 Å². The molecule has 2 aliphatic rings. The summed E-state index contributed by atoms with van der Waals surface area (Å²) in [7, 11) is 1.47. The molecule has 38 heavy (non-hydrogen) atoms. The summed E-state index contributed by atoms with van der Waals surface area (Å²) in [4.78, 5) is 44.0. The lowest BCUT2D eigenvalue weighted by Gasteiger charge is -2.35. The molecule has 2 heterocycles. The third-order valence-electron chi connectivity index (χ3n) is 7.86. The number of benzene rings is 1. The van der Waals surface area contributed by atoms with Gasteiger partial charge >= 0.3 is 12.0 Å². The van der Waals surface area contributed by atoms with Crippen molar-refractivity contribution in [2.75, 3.05) is 13.7 Å². The standard InChI is InChI=1S/C30H40N4O4/c1-4-6-11-26-31-20-24(19-25-27(35)32-29(37)33(25)18-7-5-2)34(26)21-22-12-14-23(15-13-22)30(28(36)38-3)16-9-8-10-17-30/h12-15,19-20H,4-11,16-18,21H2,1-3H3,(H,32,35,37)/b25-19-. The summed E-state index contributed by atoms with van der Waals surface area (Å²) in [5.74, 6) is 0.428. The highest BCUT2D eigenvalue weighted by Gasteiger charge is 2.42. The van der Waals surface area contributed by atoms with E-state index in [1.165, 1.54) is 12.0 Å². The predicted octanol–water partition coefficient (Wildman–Crippen LogP) is 5.34. The maximum Gasteiger partial charge on any atom is 0.329 e. The number of urea groups is 1. The molecule has 2 fully saturated rings. The minimum absolute atomic E-state index is 0.146. The number of hydrogen-bond acceptors (Lipinski definition) is 5. The Morgan fingerprint density at radius 1 is 1.08 bits per heavy atom. The molecular weight excluding hydrogens is 480 g/mol. The van der Waals surface area contributed by atoms with Gasteiger partial charge in [0.15, 0.2) is 0 Å². The average molecular weight is 521 g/mol. The number of carbonyl (C=O) groups excluding carboxylic acids is 3. The molecule has 2 aromatic rings. The quantitative estimate of drug-likeness (QED) is 0.245. The minimum Gasteiger partial charge on any atom is -0.468 e. The molecular formula is C30H40N4O4. The fourth-order valence-electron chi connectivity index (χ4n) is 5.62. The van der Waals surface area contributed by atoms with Crippen LogP contribution in [0.4, 0.5) is 4.79 Å². The van der Waals surface area contributed by atoms with Gasteiger partial charge in [-0.1, -0.05) is 70.2 Å². The predicted molar refractivity (Wildman–Crippen MR) is 146 cm³/mol. The van der Waals surface area contributed by atoms with Gasteiger partial charge in [0, 0.05) is 19.5 Å². The molecule has 204 valence electrons. The monoisotopic (exact) mass is 520 g/mol. The van der Waals surface area contributed by atoms with E-state index in [9.17, 15) is 14.4 Å². The summed E-state index contributed by atoms with van der Waals surface area (Å²) in [6.45, 7) is 5.28. The lowest BCUT2D eigenvalue weighted by molar-refractivity contribution is -0.149. The zero-order valence-electron chi connectivity index (χ0n) is 22.9. The largest absolute Gasteiger partial charge is 0.468 e. The van der Waals surface area contributed by atoms with Gasteiger partial charge in [0.05, 0.1) is 24.4 Å². The third kappa shape index (κ3) is 5.69. The first-order valence-corrected chi connectivity index (χ1v) is 14.0. The molecule has 8 heteroatoms. The number of nitrogens with zero attached hydrogens (tertiary/aromatic N) is 3. The summed E-state index contributed by atoms with van der Waals surface area (Å²) in [6, 6.07) is 7.91. The lowest BCUT2D eigenvalue weighted by atomic mass is 9.69. The van der Waals surface area contributed by atoms with Crippen LogP contribution in [0.25, 0.3) is 6.08 Å². The maximum absolute atomic E-state index is 12.8. The summed E-state index contributed by atoms with van der Waals surface area (Å²) in [6.07, 6.45) is 13.0. The molecule has 1 N–H and O–H groups in total. The Hall–Kier alpha value is -3.42. The van der Waals surface area contributed by atoms with Crippen LogP contribution in [0.5, 0.6) is 0 Å². The lowest BCUT2D eigenvalue weighted by Crippen LogP contribution is -2.38. The van der Waals surface area contributed by atoms with Gasteiger partial charge in [-0.15, -0.1) is 0 Å². The number of esters is 1. The van der Waals surface area contributed by atoms with E-state index < -0.39 is 5.41 Å². The Bertz CT molecular complexity index is 1180. The van der Waals surface area contributed by atoms with Crippen LogP contribution in [0.3, 0.4) is 0 Å². The highest BCUT2D eigenvalue weighted by molar-refractivity contribution is 6.13. The molecule has 1 saturated carbocycles. The van der Waals surface area contributed by atoms with Crippen molar-refractivity contribution in [1.82, 2.24) is 19.8 Å². The van der Waals surface area contributed by atoms with Crippen molar-refractivity contribution in [3.63, 3.8) is 0 Å². The van der Waals surface area contributed by atoms with Crippen LogP contribution in [-0.4, -0.2) is 46.0 Å². The number of imide groups is 1. The molecule has 0 spiro atoms. The second-order valence-electron chi connectivity index (χ2n) is 10.4. The van der Waals surface area contributed by atoms with Gasteiger partial charge in [-0.05, 0) is 42.9 Å². The Morgan fingerprint density at radius 2 is 1.79 bits per heavy atom. The van der Waals surface area contributed by atoms with Gasteiger partial charge in [-0.2, -0.15) is 0 Å². The first-order valence-electron chi connectivity index (χ1n) is 14.0. The molecule has 1 aromatic carbocycles. The number of imidazole rings is 1. The van der Waals surface area contributed by atoms with E-state index in [0.29, 0.717) is 18.8 Å². The molecule has 1 saturated heterocycles. The van der Waals surface area contributed by atoms with Crippen molar-refractivity contribution in [3.8, 4) is 0 Å². The van der Waals surface area contributed by atoms with Crippen molar-refractivity contribution >= 4 is 24.0 Å². The number of carbonyl (C=O) groups is 3. The number of hydrogen-bond donors (Lipinski definition) is 1. The summed E-state index contributed by atoms with van der Waals surface area (Å²) in [5, 5.41) is 2.42. The third-order valence-corrected chi connectivity index (χ3v) is 7.86. The fourth-order valence-corrected chi connectivity index (χ4v) is 5.62. The zero-order chi connectivity index (χ0) is 27.1. The van der Waals surface area contributed by atoms with Crippen molar-refractivity contribution in [1.29, 1.82) is 0 Å². The molecule has 1 aromatic heterocycles. The van der Waals surface area contributed by atoms with Gasteiger partial charge in [0.25, 0.3) is 5.91 Å². The van der Waals surface area contributed by atoms with Crippen LogP contribution in [0, 0.1) is 0 Å². The Labute approximate surface area is 225 Å².